The van der Waals surface area contributed by atoms with Gasteiger partial charge in [0.15, 0.2) is 22.8 Å². The molecule has 3 heterocycles. The van der Waals surface area contributed by atoms with E-state index in [2.05, 4.69) is 50.0 Å². The first-order valence-corrected chi connectivity index (χ1v) is 15.2. The van der Waals surface area contributed by atoms with Crippen LogP contribution in [0.5, 0.6) is 0 Å². The van der Waals surface area contributed by atoms with Crippen molar-refractivity contribution in [3.63, 3.8) is 0 Å². The van der Waals surface area contributed by atoms with Gasteiger partial charge in [-0.15, -0.1) is 0 Å². The maximum Gasteiger partial charge on any atom is 0.356 e. The molecule has 54 heavy (non-hydrogen) atoms. The number of carboxylic acid groups (broad SMARTS) is 2. The maximum absolute atomic E-state index is 12.2. The van der Waals surface area contributed by atoms with Crippen LogP contribution in [0.2, 0.25) is 0 Å². The van der Waals surface area contributed by atoms with Gasteiger partial charge in [0.25, 0.3) is 11.8 Å². The number of amides is 2. The number of ether oxygens (including phenoxy) is 2. The molecule has 2 amide bonds. The lowest BCUT2D eigenvalue weighted by atomic mass is 10.1. The standard InChI is InChI=1S/C15H15N3O3.C14H13N3O3.C7H6N2O4/c1-10-4-3-5-11(6-10)8-16-14(19)12-7-13(15(20)21-2)18-9-17-12;1-9-3-2-4-10(5-9)7-15-13(18)11-6-12(14(19)20)17-8-16-11;1-13-7(12)5-2-4(6(10)11)8-3-9-5/h3-7,9H,8H2,1-2H3,(H,16,19);2-6,8H,7H2,1H3,(H,15,18)(H,19,20);2-3H,1H3,(H,10,11)/i8D2;7D2;. The molecule has 0 bridgehead atoms. The van der Waals surface area contributed by atoms with Crippen molar-refractivity contribution in [3.05, 3.63) is 142 Å². The molecule has 0 spiro atoms. The van der Waals surface area contributed by atoms with E-state index in [1.54, 1.807) is 36.4 Å². The lowest BCUT2D eigenvalue weighted by Crippen LogP contribution is -2.24. The number of hydrogen-bond donors (Lipinski definition) is 4. The molecule has 4 N–H and O–H groups in total. The van der Waals surface area contributed by atoms with Crippen LogP contribution in [-0.2, 0) is 22.5 Å². The number of aromatic carboxylic acids is 2. The zero-order valence-electron chi connectivity index (χ0n) is 32.9. The second kappa shape index (κ2) is 20.4. The third-order valence-electron chi connectivity index (χ3n) is 6.37. The van der Waals surface area contributed by atoms with E-state index in [1.165, 1.54) is 14.2 Å². The van der Waals surface area contributed by atoms with Crippen molar-refractivity contribution in [1.82, 2.24) is 40.5 Å². The number of esters is 2. The molecule has 2 aromatic carbocycles. The Morgan fingerprint density at radius 1 is 0.556 bits per heavy atom. The van der Waals surface area contributed by atoms with E-state index in [4.69, 9.17) is 15.7 Å². The quantitative estimate of drug-likeness (QED) is 0.150. The minimum absolute atomic E-state index is 0.0742. The molecular weight excluding hydrogens is 704 g/mol. The summed E-state index contributed by atoms with van der Waals surface area (Å²) in [5, 5.41) is 21.8. The Hall–Kier alpha value is -7.50. The van der Waals surface area contributed by atoms with E-state index < -0.39 is 48.7 Å². The van der Waals surface area contributed by atoms with Gasteiger partial charge in [0.1, 0.15) is 30.4 Å². The summed E-state index contributed by atoms with van der Waals surface area (Å²) in [7, 11) is 2.38. The minimum atomic E-state index is -2.11. The molecule has 0 saturated carbocycles. The summed E-state index contributed by atoms with van der Waals surface area (Å²) in [5.41, 5.74) is 1.24. The molecule has 5 aromatic rings. The van der Waals surface area contributed by atoms with Crippen molar-refractivity contribution in [3.8, 4) is 0 Å². The van der Waals surface area contributed by atoms with Gasteiger partial charge in [-0.25, -0.2) is 49.1 Å². The number of aromatic nitrogens is 6. The van der Waals surface area contributed by atoms with Crippen LogP contribution < -0.4 is 10.6 Å². The fourth-order valence-corrected chi connectivity index (χ4v) is 3.82. The summed E-state index contributed by atoms with van der Waals surface area (Å²) in [6.45, 7) is -0.559. The molecule has 0 radical (unpaired) electrons. The summed E-state index contributed by atoms with van der Waals surface area (Å²) in [6.07, 6.45) is 2.99. The van der Waals surface area contributed by atoms with Gasteiger partial charge in [0.05, 0.1) is 19.7 Å². The predicted molar refractivity (Wildman–Crippen MR) is 187 cm³/mol. The van der Waals surface area contributed by atoms with Gasteiger partial charge in [0.2, 0.25) is 0 Å². The Kier molecular flexibility index (Phi) is 13.2. The van der Waals surface area contributed by atoms with Crippen LogP contribution in [0.3, 0.4) is 0 Å². The molecule has 5 rings (SSSR count). The Balaban J connectivity index is 0.000000242. The van der Waals surface area contributed by atoms with Crippen LogP contribution in [0.1, 0.15) is 90.7 Å². The van der Waals surface area contributed by atoms with Crippen molar-refractivity contribution in [1.29, 1.82) is 0 Å². The molecule has 0 aliphatic heterocycles. The Morgan fingerprint density at radius 3 is 1.24 bits per heavy atom. The third-order valence-corrected chi connectivity index (χ3v) is 6.37. The van der Waals surface area contributed by atoms with Gasteiger partial charge < -0.3 is 30.3 Å². The zero-order chi connectivity index (χ0) is 43.2. The molecule has 18 heteroatoms. The third kappa shape index (κ3) is 13.0. The SMILES string of the molecule is COC(=O)c1cc(C(=O)O)ncn1.[2H]C([2H])(NC(=O)c1cc(C(=O)O)ncn1)c1cccc(C)c1.[2H]C([2H])(NC(=O)c1cc(C(=O)OC)ncn1)c1cccc(C)c1. The highest BCUT2D eigenvalue weighted by Gasteiger charge is 2.14. The minimum Gasteiger partial charge on any atom is -0.477 e. The topological polar surface area (TPSA) is 263 Å². The van der Waals surface area contributed by atoms with Gasteiger partial charge in [0, 0.05) is 31.2 Å². The summed E-state index contributed by atoms with van der Waals surface area (Å²) in [5.74, 6) is -5.49. The molecule has 0 unspecified atom stereocenters. The number of hydrogen-bond acceptors (Lipinski definition) is 14. The molecule has 0 atom stereocenters. The normalized spacial score (nSPS) is 11.5. The van der Waals surface area contributed by atoms with Gasteiger partial charge >= 0.3 is 23.9 Å². The van der Waals surface area contributed by atoms with Crippen LogP contribution in [0.25, 0.3) is 0 Å². The smallest absolute Gasteiger partial charge is 0.356 e. The van der Waals surface area contributed by atoms with Crippen LogP contribution in [0.4, 0.5) is 0 Å². The lowest BCUT2D eigenvalue weighted by Gasteiger charge is -2.06. The fraction of sp³-hybridized carbons (Fsp3) is 0.167. The average Bonchev–Trinajstić information content (AvgIpc) is 3.20. The molecular formula is C36H34N8O10. The first-order chi connectivity index (χ1) is 27.3. The number of carbonyl (C=O) groups is 6. The first kappa shape index (κ1) is 34.9. The highest BCUT2D eigenvalue weighted by atomic mass is 16.5. The summed E-state index contributed by atoms with van der Waals surface area (Å²) >= 11 is 0. The van der Waals surface area contributed by atoms with E-state index >= 15 is 0 Å². The zero-order valence-corrected chi connectivity index (χ0v) is 28.9. The second-order valence-electron chi connectivity index (χ2n) is 10.4. The van der Waals surface area contributed by atoms with Crippen molar-refractivity contribution < 1.29 is 53.9 Å². The van der Waals surface area contributed by atoms with Crippen LogP contribution in [0.15, 0.2) is 85.7 Å². The van der Waals surface area contributed by atoms with E-state index in [0.717, 1.165) is 48.3 Å². The predicted octanol–water partition coefficient (Wildman–Crippen LogP) is 2.88. The van der Waals surface area contributed by atoms with E-state index in [0.29, 0.717) is 5.56 Å². The molecule has 0 saturated heterocycles. The number of nitrogens with one attached hydrogen (secondary N) is 2. The number of carbonyl (C=O) groups excluding carboxylic acids is 4. The van der Waals surface area contributed by atoms with Gasteiger partial charge in [-0.1, -0.05) is 59.7 Å². The first-order valence-electron chi connectivity index (χ1n) is 17.2. The molecule has 3 aromatic heterocycles. The highest BCUT2D eigenvalue weighted by molar-refractivity contribution is 5.96. The number of nitrogens with zero attached hydrogens (tertiary/aromatic N) is 6. The second-order valence-corrected chi connectivity index (χ2v) is 10.4. The summed E-state index contributed by atoms with van der Waals surface area (Å²) in [4.78, 5) is 89.4. The Morgan fingerprint density at radius 2 is 0.889 bits per heavy atom. The summed E-state index contributed by atoms with van der Waals surface area (Å²) < 4.78 is 40.8. The number of aryl methyl sites for hydroxylation is 2. The van der Waals surface area contributed by atoms with Crippen LogP contribution in [0, 0.1) is 13.8 Å². The molecule has 0 aliphatic rings. The number of carboxylic acids is 2. The van der Waals surface area contributed by atoms with Gasteiger partial charge in [-0.05, 0) is 25.0 Å². The maximum atomic E-state index is 12.2. The van der Waals surface area contributed by atoms with Crippen LogP contribution >= 0.6 is 0 Å². The Bertz CT molecular complexity index is 2330. The Labute approximate surface area is 313 Å². The van der Waals surface area contributed by atoms with Gasteiger partial charge in [-0.3, -0.25) is 9.59 Å². The van der Waals surface area contributed by atoms with E-state index in [-0.39, 0.29) is 39.7 Å². The van der Waals surface area contributed by atoms with Crippen molar-refractivity contribution in [2.45, 2.75) is 26.8 Å². The highest BCUT2D eigenvalue weighted by Crippen LogP contribution is 2.06. The van der Waals surface area contributed by atoms with Crippen LogP contribution in [-0.4, -0.2) is 90.0 Å². The molecule has 278 valence electrons. The van der Waals surface area contributed by atoms with Crippen molar-refractivity contribution in [2.24, 2.45) is 0 Å². The van der Waals surface area contributed by atoms with E-state index in [1.807, 2.05) is 26.0 Å². The number of rotatable bonds is 10. The number of benzene rings is 2. The monoisotopic (exact) mass is 742 g/mol. The van der Waals surface area contributed by atoms with E-state index in [9.17, 15) is 28.8 Å². The average molecular weight is 743 g/mol. The number of methoxy groups -OCH3 is 2. The van der Waals surface area contributed by atoms with Crippen molar-refractivity contribution in [2.75, 3.05) is 14.2 Å². The lowest BCUT2D eigenvalue weighted by molar-refractivity contribution is 0.0584. The van der Waals surface area contributed by atoms with Crippen molar-refractivity contribution >= 4 is 35.7 Å². The molecule has 0 aliphatic carbocycles. The fourth-order valence-electron chi connectivity index (χ4n) is 3.82. The molecule has 0 fully saturated rings. The largest absolute Gasteiger partial charge is 0.477 e. The molecule has 18 nitrogen and oxygen atoms in total. The van der Waals surface area contributed by atoms with Gasteiger partial charge in [-0.2, -0.15) is 0 Å². The summed E-state index contributed by atoms with van der Waals surface area (Å²) in [6, 6.07) is 16.6.